The highest BCUT2D eigenvalue weighted by atomic mass is 35.5. The van der Waals surface area contributed by atoms with Gasteiger partial charge in [-0.05, 0) is 42.5 Å². The molecule has 3 N–H and O–H groups in total. The molecule has 1 atom stereocenters. The molecule has 1 aromatic heterocycles. The Morgan fingerprint density at radius 1 is 1.06 bits per heavy atom. The Bertz CT molecular complexity index is 1420. The molecular formula is C20H11ClF4N4O4. The van der Waals surface area contributed by atoms with Gasteiger partial charge in [-0.2, -0.15) is 13.2 Å². The first-order valence-electron chi connectivity index (χ1n) is 9.07. The van der Waals surface area contributed by atoms with E-state index < -0.39 is 52.0 Å². The van der Waals surface area contributed by atoms with Crippen LogP contribution >= 0.6 is 11.6 Å². The number of halogens is 5. The van der Waals surface area contributed by atoms with Gasteiger partial charge in [0.25, 0.3) is 22.9 Å². The third-order valence-corrected chi connectivity index (χ3v) is 5.19. The lowest BCUT2D eigenvalue weighted by Gasteiger charge is -2.30. The number of H-pyrrole nitrogens is 1. The molecule has 1 aliphatic heterocycles. The average molecular weight is 483 g/mol. The molecule has 13 heteroatoms. The van der Waals surface area contributed by atoms with Gasteiger partial charge in [0.05, 0.1) is 5.69 Å². The van der Waals surface area contributed by atoms with Crippen LogP contribution in [0.3, 0.4) is 0 Å². The molecule has 0 bridgehead atoms. The van der Waals surface area contributed by atoms with E-state index in [2.05, 4.69) is 0 Å². The first kappa shape index (κ1) is 22.3. The zero-order valence-corrected chi connectivity index (χ0v) is 16.8. The highest BCUT2D eigenvalue weighted by Gasteiger charge is 2.68. The topological polar surface area (TPSA) is 113 Å². The molecule has 0 fully saturated rings. The molecule has 4 rings (SSSR count). The molecule has 0 aliphatic carbocycles. The van der Waals surface area contributed by atoms with Gasteiger partial charge >= 0.3 is 11.9 Å². The highest BCUT2D eigenvalue weighted by Crippen LogP contribution is 2.45. The number of benzene rings is 2. The summed E-state index contributed by atoms with van der Waals surface area (Å²) in [6.45, 7) is 0. The quantitative estimate of drug-likeness (QED) is 0.498. The van der Waals surface area contributed by atoms with Crippen LogP contribution in [0.1, 0.15) is 15.9 Å². The summed E-state index contributed by atoms with van der Waals surface area (Å²) in [6.07, 6.45) is -5.51. The Labute approximate surface area is 185 Å². The third kappa shape index (κ3) is 3.48. The minimum absolute atomic E-state index is 0.0444. The maximum Gasteiger partial charge on any atom is 0.425 e. The summed E-state index contributed by atoms with van der Waals surface area (Å²) in [7, 11) is 0. The fraction of sp³-hybridized carbons (Fsp3) is 0.100. The Morgan fingerprint density at radius 2 is 1.73 bits per heavy atom. The monoisotopic (exact) mass is 482 g/mol. The fourth-order valence-electron chi connectivity index (χ4n) is 3.49. The molecule has 0 radical (unpaired) electrons. The van der Waals surface area contributed by atoms with Crippen molar-refractivity contribution >= 4 is 29.2 Å². The van der Waals surface area contributed by atoms with E-state index in [0.29, 0.717) is 4.57 Å². The van der Waals surface area contributed by atoms with E-state index in [1.54, 1.807) is 10.3 Å². The van der Waals surface area contributed by atoms with Crippen LogP contribution in [0, 0.1) is 5.82 Å². The normalized spacial score (nSPS) is 17.4. The van der Waals surface area contributed by atoms with Crippen LogP contribution in [0.2, 0.25) is 5.02 Å². The summed E-state index contributed by atoms with van der Waals surface area (Å²) in [4.78, 5) is 52.1. The van der Waals surface area contributed by atoms with E-state index >= 15 is 0 Å². The van der Waals surface area contributed by atoms with E-state index in [1.165, 1.54) is 12.1 Å². The van der Waals surface area contributed by atoms with Crippen LogP contribution in [-0.2, 0) is 10.3 Å². The molecule has 0 saturated heterocycles. The number of hydrogen-bond donors (Lipinski definition) is 3. The molecule has 2 heterocycles. The van der Waals surface area contributed by atoms with E-state index in [4.69, 9.17) is 11.6 Å². The number of anilines is 1. The Balaban J connectivity index is 1.97. The molecule has 2 amide bonds. The van der Waals surface area contributed by atoms with Crippen molar-refractivity contribution < 1.29 is 27.2 Å². The molecule has 0 saturated carbocycles. The van der Waals surface area contributed by atoms with Gasteiger partial charge in [-0.25, -0.2) is 13.8 Å². The second-order valence-electron chi connectivity index (χ2n) is 6.96. The number of alkyl halides is 3. The Kier molecular flexibility index (Phi) is 5.12. The predicted molar refractivity (Wildman–Crippen MR) is 108 cm³/mol. The van der Waals surface area contributed by atoms with Crippen molar-refractivity contribution in [3.8, 4) is 5.69 Å². The number of nitrogens with zero attached hydrogens (tertiary/aromatic N) is 1. The Hall–Kier alpha value is -3.93. The second kappa shape index (κ2) is 7.59. The second-order valence-corrected chi connectivity index (χ2v) is 7.40. The summed E-state index contributed by atoms with van der Waals surface area (Å²) in [5.74, 6) is -4.68. The number of aromatic nitrogens is 2. The van der Waals surface area contributed by atoms with Gasteiger partial charge < -0.3 is 10.6 Å². The first-order valence-corrected chi connectivity index (χ1v) is 9.45. The van der Waals surface area contributed by atoms with Gasteiger partial charge in [-0.3, -0.25) is 19.4 Å². The van der Waals surface area contributed by atoms with Crippen molar-refractivity contribution in [2.45, 2.75) is 11.7 Å². The van der Waals surface area contributed by atoms with Gasteiger partial charge in [0.1, 0.15) is 17.2 Å². The predicted octanol–water partition coefficient (Wildman–Crippen LogP) is 2.46. The van der Waals surface area contributed by atoms with Crippen molar-refractivity contribution in [2.24, 2.45) is 0 Å². The van der Waals surface area contributed by atoms with Gasteiger partial charge in [-0.15, -0.1) is 0 Å². The van der Waals surface area contributed by atoms with Gasteiger partial charge in [-0.1, -0.05) is 17.7 Å². The molecule has 33 heavy (non-hydrogen) atoms. The smallest absolute Gasteiger partial charge is 0.326 e. The van der Waals surface area contributed by atoms with Crippen molar-refractivity contribution in [1.82, 2.24) is 14.9 Å². The van der Waals surface area contributed by atoms with E-state index in [9.17, 15) is 36.7 Å². The van der Waals surface area contributed by atoms with Crippen LogP contribution in [0.4, 0.5) is 23.4 Å². The van der Waals surface area contributed by atoms with Gasteiger partial charge in [0.2, 0.25) is 0 Å². The molecule has 1 unspecified atom stereocenters. The molecule has 3 aromatic rings. The SMILES string of the molecule is O=C(NC1(C(F)(F)F)C(=O)Nc2c1c(=O)[nH]c(=O)n2-c1ccc(F)cc1)c1cccc(Cl)c1. The summed E-state index contributed by atoms with van der Waals surface area (Å²) in [5, 5.41) is 3.52. The largest absolute Gasteiger partial charge is 0.425 e. The molecule has 2 aromatic carbocycles. The third-order valence-electron chi connectivity index (χ3n) is 4.96. The lowest BCUT2D eigenvalue weighted by atomic mass is 9.91. The zero-order chi connectivity index (χ0) is 24.1. The van der Waals surface area contributed by atoms with Crippen LogP contribution in [-0.4, -0.2) is 27.5 Å². The minimum atomic E-state index is -5.51. The summed E-state index contributed by atoms with van der Waals surface area (Å²) in [6, 6.07) is 8.86. The number of nitrogens with one attached hydrogen (secondary N) is 3. The number of carbonyl (C=O) groups is 2. The molecule has 170 valence electrons. The van der Waals surface area contributed by atoms with Gasteiger partial charge in [0, 0.05) is 10.6 Å². The van der Waals surface area contributed by atoms with Crippen molar-refractivity contribution in [3.05, 3.63) is 91.3 Å². The van der Waals surface area contributed by atoms with Crippen LogP contribution in [0.5, 0.6) is 0 Å². The van der Waals surface area contributed by atoms with Crippen LogP contribution in [0.15, 0.2) is 58.1 Å². The van der Waals surface area contributed by atoms with Gasteiger partial charge in [0.15, 0.2) is 0 Å². The lowest BCUT2D eigenvalue weighted by Crippen LogP contribution is -2.62. The summed E-state index contributed by atoms with van der Waals surface area (Å²) >= 11 is 5.78. The molecule has 1 aliphatic rings. The van der Waals surface area contributed by atoms with Crippen molar-refractivity contribution in [2.75, 3.05) is 5.32 Å². The van der Waals surface area contributed by atoms with E-state index in [1.807, 2.05) is 5.32 Å². The van der Waals surface area contributed by atoms with E-state index in [-0.39, 0.29) is 16.3 Å². The molecule has 8 nitrogen and oxygen atoms in total. The van der Waals surface area contributed by atoms with Crippen LogP contribution in [0.25, 0.3) is 5.69 Å². The van der Waals surface area contributed by atoms with Crippen molar-refractivity contribution in [1.29, 1.82) is 0 Å². The number of hydrogen-bond acceptors (Lipinski definition) is 4. The fourth-order valence-corrected chi connectivity index (χ4v) is 3.68. The Morgan fingerprint density at radius 3 is 2.33 bits per heavy atom. The lowest BCUT2D eigenvalue weighted by molar-refractivity contribution is -0.196. The standard InChI is InChI=1S/C20H11ClF4N4O4/c21-10-3-1-2-9(8-10)15(30)28-19(20(23,24)25)13-14(26-17(19)32)29(18(33)27-16(13)31)12-6-4-11(22)5-7-12/h1-8H,(H,26,32)(H,28,30)(H,27,31,33). The minimum Gasteiger partial charge on any atom is -0.326 e. The number of carbonyl (C=O) groups excluding carboxylic acids is 2. The summed E-state index contributed by atoms with van der Waals surface area (Å²) < 4.78 is 57.0. The maximum absolute atomic E-state index is 14.4. The highest BCUT2D eigenvalue weighted by molar-refractivity contribution is 6.31. The summed E-state index contributed by atoms with van der Waals surface area (Å²) in [5.41, 5.74) is -8.27. The number of aromatic amines is 1. The number of rotatable bonds is 3. The van der Waals surface area contributed by atoms with Crippen molar-refractivity contribution in [3.63, 3.8) is 0 Å². The number of fused-ring (bicyclic) bond motifs is 1. The van der Waals surface area contributed by atoms with E-state index in [0.717, 1.165) is 36.4 Å². The average Bonchev–Trinajstić information content (AvgIpc) is 3.02. The van der Waals surface area contributed by atoms with Crippen LogP contribution < -0.4 is 21.9 Å². The maximum atomic E-state index is 14.4. The molecule has 0 spiro atoms. The molecular weight excluding hydrogens is 472 g/mol. The number of amides is 2. The first-order chi connectivity index (χ1) is 15.5. The zero-order valence-electron chi connectivity index (χ0n) is 16.1.